The summed E-state index contributed by atoms with van der Waals surface area (Å²) < 4.78 is 0. The first-order valence-corrected chi connectivity index (χ1v) is 9.52. The number of nitrogens with one attached hydrogen (secondary N) is 2. The van der Waals surface area contributed by atoms with Crippen LogP contribution in [0.15, 0.2) is 24.3 Å². The van der Waals surface area contributed by atoms with E-state index < -0.39 is 0 Å². The molecule has 5 heteroatoms. The van der Waals surface area contributed by atoms with Crippen molar-refractivity contribution in [1.29, 1.82) is 0 Å². The summed E-state index contributed by atoms with van der Waals surface area (Å²) in [5.74, 6) is 0.890. The number of piperidine rings is 1. The number of carbonyl (C=O) groups is 1. The largest absolute Gasteiger partial charge is 0.396 e. The first-order chi connectivity index (χ1) is 12.0. The van der Waals surface area contributed by atoms with Gasteiger partial charge in [-0.3, -0.25) is 0 Å². The van der Waals surface area contributed by atoms with Crippen molar-refractivity contribution in [3.05, 3.63) is 29.8 Å². The summed E-state index contributed by atoms with van der Waals surface area (Å²) in [6.07, 6.45) is 3.04. The number of aliphatic hydroxyl groups is 1. The third-order valence-electron chi connectivity index (χ3n) is 5.19. The van der Waals surface area contributed by atoms with Gasteiger partial charge in [-0.1, -0.05) is 32.9 Å². The Kier molecular flexibility index (Phi) is 7.56. The molecular weight excluding hydrogens is 314 g/mol. The van der Waals surface area contributed by atoms with Crippen LogP contribution in [-0.4, -0.2) is 36.9 Å². The van der Waals surface area contributed by atoms with E-state index in [2.05, 4.69) is 60.6 Å². The first-order valence-electron chi connectivity index (χ1n) is 9.52. The summed E-state index contributed by atoms with van der Waals surface area (Å²) in [6, 6.07) is 8.51. The maximum Gasteiger partial charge on any atom is 0.315 e. The normalized spacial score (nSPS) is 16.8. The second-order valence-electron chi connectivity index (χ2n) is 7.37. The molecule has 0 aliphatic carbocycles. The van der Waals surface area contributed by atoms with E-state index in [4.69, 9.17) is 0 Å². The molecule has 1 saturated heterocycles. The molecule has 0 radical (unpaired) electrons. The van der Waals surface area contributed by atoms with Gasteiger partial charge in [-0.25, -0.2) is 4.79 Å². The van der Waals surface area contributed by atoms with Gasteiger partial charge in [0.25, 0.3) is 0 Å². The number of aliphatic hydroxyl groups excluding tert-OH is 1. The standard InChI is InChI=1S/C20H33N3O2/c1-4-19(15(2)3)22-20(25)21-13-16-5-7-18(8-6-16)23-11-9-17(14-24)10-12-23/h5-8,15,17,19,24H,4,9-14H2,1-3H3,(H2,21,22,25). The third kappa shape index (κ3) is 5.92. The van der Waals surface area contributed by atoms with Crippen molar-refractivity contribution in [2.24, 2.45) is 11.8 Å². The van der Waals surface area contributed by atoms with E-state index in [1.807, 2.05) is 0 Å². The average Bonchev–Trinajstić information content (AvgIpc) is 2.64. The zero-order chi connectivity index (χ0) is 18.2. The fraction of sp³-hybridized carbons (Fsp3) is 0.650. The van der Waals surface area contributed by atoms with Crippen molar-refractivity contribution in [1.82, 2.24) is 10.6 Å². The maximum absolute atomic E-state index is 12.0. The summed E-state index contributed by atoms with van der Waals surface area (Å²) in [6.45, 7) is 9.17. The van der Waals surface area contributed by atoms with Gasteiger partial charge in [0.2, 0.25) is 0 Å². The Labute approximate surface area is 151 Å². The van der Waals surface area contributed by atoms with Crippen molar-refractivity contribution in [3.8, 4) is 0 Å². The second-order valence-corrected chi connectivity index (χ2v) is 7.37. The van der Waals surface area contributed by atoms with Gasteiger partial charge in [-0.15, -0.1) is 0 Å². The molecule has 2 amide bonds. The Bertz CT molecular complexity index is 522. The molecular formula is C20H33N3O2. The number of benzene rings is 1. The van der Waals surface area contributed by atoms with Crippen LogP contribution in [0.3, 0.4) is 0 Å². The minimum absolute atomic E-state index is 0.101. The van der Waals surface area contributed by atoms with Crippen LogP contribution in [0, 0.1) is 11.8 Å². The zero-order valence-electron chi connectivity index (χ0n) is 15.8. The minimum Gasteiger partial charge on any atom is -0.396 e. The Hall–Kier alpha value is -1.75. The highest BCUT2D eigenvalue weighted by molar-refractivity contribution is 5.74. The molecule has 3 N–H and O–H groups in total. The monoisotopic (exact) mass is 347 g/mol. The number of carbonyl (C=O) groups excluding carboxylic acids is 1. The van der Waals surface area contributed by atoms with E-state index in [1.165, 1.54) is 5.69 Å². The molecule has 2 rings (SSSR count). The molecule has 140 valence electrons. The second kappa shape index (κ2) is 9.66. The van der Waals surface area contributed by atoms with Crippen LogP contribution in [-0.2, 0) is 6.54 Å². The van der Waals surface area contributed by atoms with E-state index in [-0.39, 0.29) is 12.1 Å². The minimum atomic E-state index is -0.101. The molecule has 0 bridgehead atoms. The summed E-state index contributed by atoms with van der Waals surface area (Å²) >= 11 is 0. The quantitative estimate of drug-likeness (QED) is 0.710. The molecule has 1 heterocycles. The smallest absolute Gasteiger partial charge is 0.315 e. The van der Waals surface area contributed by atoms with Gasteiger partial charge in [-0.2, -0.15) is 0 Å². The van der Waals surface area contributed by atoms with E-state index in [9.17, 15) is 9.90 Å². The molecule has 1 aromatic rings. The van der Waals surface area contributed by atoms with Crippen LogP contribution < -0.4 is 15.5 Å². The lowest BCUT2D eigenvalue weighted by Gasteiger charge is -2.33. The lowest BCUT2D eigenvalue weighted by molar-refractivity contribution is 0.203. The van der Waals surface area contributed by atoms with Crippen molar-refractivity contribution in [3.63, 3.8) is 0 Å². The molecule has 1 aliphatic heterocycles. The molecule has 0 saturated carbocycles. The lowest BCUT2D eigenvalue weighted by atomic mass is 9.97. The number of anilines is 1. The van der Waals surface area contributed by atoms with E-state index >= 15 is 0 Å². The van der Waals surface area contributed by atoms with Crippen LogP contribution in [0.1, 0.15) is 45.6 Å². The van der Waals surface area contributed by atoms with Crippen LogP contribution >= 0.6 is 0 Å². The summed E-state index contributed by atoms with van der Waals surface area (Å²) in [4.78, 5) is 14.4. The van der Waals surface area contributed by atoms with Gasteiger partial charge in [0, 0.05) is 38.0 Å². The highest BCUT2D eigenvalue weighted by Crippen LogP contribution is 2.23. The molecule has 25 heavy (non-hydrogen) atoms. The zero-order valence-corrected chi connectivity index (χ0v) is 15.8. The Morgan fingerprint density at radius 3 is 2.40 bits per heavy atom. The van der Waals surface area contributed by atoms with E-state index in [0.717, 1.165) is 37.9 Å². The van der Waals surface area contributed by atoms with Crippen molar-refractivity contribution >= 4 is 11.7 Å². The Morgan fingerprint density at radius 1 is 1.24 bits per heavy atom. The van der Waals surface area contributed by atoms with Crippen molar-refractivity contribution in [2.75, 3.05) is 24.6 Å². The van der Waals surface area contributed by atoms with Gasteiger partial charge in [0.05, 0.1) is 0 Å². The molecule has 1 atom stereocenters. The summed E-state index contributed by atoms with van der Waals surface area (Å²) in [5.41, 5.74) is 2.32. The van der Waals surface area contributed by atoms with Crippen LogP contribution in [0.25, 0.3) is 0 Å². The predicted molar refractivity (Wildman–Crippen MR) is 103 cm³/mol. The number of urea groups is 1. The number of nitrogens with zero attached hydrogens (tertiary/aromatic N) is 1. The van der Waals surface area contributed by atoms with E-state index in [0.29, 0.717) is 25.0 Å². The molecule has 0 aromatic heterocycles. The average molecular weight is 348 g/mol. The number of hydrogen-bond acceptors (Lipinski definition) is 3. The molecule has 0 spiro atoms. The van der Waals surface area contributed by atoms with Gasteiger partial charge in [0.15, 0.2) is 0 Å². The van der Waals surface area contributed by atoms with Crippen molar-refractivity contribution < 1.29 is 9.90 Å². The molecule has 1 unspecified atom stereocenters. The van der Waals surface area contributed by atoms with Gasteiger partial charge in [0.1, 0.15) is 0 Å². The van der Waals surface area contributed by atoms with Gasteiger partial charge in [-0.05, 0) is 48.8 Å². The summed E-state index contributed by atoms with van der Waals surface area (Å²) in [5, 5.41) is 15.2. The maximum atomic E-state index is 12.0. The highest BCUT2D eigenvalue weighted by atomic mass is 16.3. The summed E-state index contributed by atoms with van der Waals surface area (Å²) in [7, 11) is 0. The third-order valence-corrected chi connectivity index (χ3v) is 5.19. The predicted octanol–water partition coefficient (Wildman–Crippen LogP) is 3.13. The number of rotatable bonds is 7. The van der Waals surface area contributed by atoms with E-state index in [1.54, 1.807) is 0 Å². The molecule has 1 aliphatic rings. The van der Waals surface area contributed by atoms with Crippen LogP contribution in [0.4, 0.5) is 10.5 Å². The lowest BCUT2D eigenvalue weighted by Crippen LogP contribution is -2.43. The SMILES string of the molecule is CCC(NC(=O)NCc1ccc(N2CCC(CO)CC2)cc1)C(C)C. The van der Waals surface area contributed by atoms with Gasteiger partial charge < -0.3 is 20.6 Å². The van der Waals surface area contributed by atoms with Crippen LogP contribution in [0.2, 0.25) is 0 Å². The number of hydrogen-bond donors (Lipinski definition) is 3. The molecule has 5 nitrogen and oxygen atoms in total. The van der Waals surface area contributed by atoms with Gasteiger partial charge >= 0.3 is 6.03 Å². The number of amides is 2. The van der Waals surface area contributed by atoms with Crippen molar-refractivity contribution in [2.45, 2.75) is 52.6 Å². The topological polar surface area (TPSA) is 64.6 Å². The Morgan fingerprint density at radius 2 is 1.88 bits per heavy atom. The highest BCUT2D eigenvalue weighted by Gasteiger charge is 2.18. The first kappa shape index (κ1) is 19.6. The molecule has 1 fully saturated rings. The molecule has 1 aromatic carbocycles. The Balaban J connectivity index is 1.79. The fourth-order valence-electron chi connectivity index (χ4n) is 3.34. The van der Waals surface area contributed by atoms with Crippen LogP contribution in [0.5, 0.6) is 0 Å². The fourth-order valence-corrected chi connectivity index (χ4v) is 3.34.